The van der Waals surface area contributed by atoms with Gasteiger partial charge in [0.1, 0.15) is 0 Å². The van der Waals surface area contributed by atoms with Crippen LogP contribution in [0.15, 0.2) is 54.6 Å². The summed E-state index contributed by atoms with van der Waals surface area (Å²) < 4.78 is 0. The molecule has 2 aromatic carbocycles. The second kappa shape index (κ2) is 8.17. The quantitative estimate of drug-likeness (QED) is 0.860. The summed E-state index contributed by atoms with van der Waals surface area (Å²) in [6.45, 7) is 5.01. The fourth-order valence-electron chi connectivity index (χ4n) is 3.42. The Morgan fingerprint density at radius 3 is 2.35 bits per heavy atom. The summed E-state index contributed by atoms with van der Waals surface area (Å²) in [5.41, 5.74) is 2.99. The number of nitrogens with zero attached hydrogens (tertiary/aromatic N) is 1. The first-order valence-electron chi connectivity index (χ1n) is 9.28. The van der Waals surface area contributed by atoms with Gasteiger partial charge in [0.25, 0.3) is 0 Å². The van der Waals surface area contributed by atoms with Gasteiger partial charge in [0.05, 0.1) is 12.5 Å². The highest BCUT2D eigenvalue weighted by atomic mass is 16.2. The van der Waals surface area contributed by atoms with Crippen molar-refractivity contribution in [1.82, 2.24) is 5.32 Å². The maximum absolute atomic E-state index is 12.5. The smallest absolute Gasteiger partial charge is 0.227 e. The number of hydrogen-bond donors (Lipinski definition) is 1. The molecule has 3 rings (SSSR count). The van der Waals surface area contributed by atoms with Crippen LogP contribution >= 0.6 is 0 Å². The van der Waals surface area contributed by atoms with Crippen LogP contribution in [0.4, 0.5) is 5.69 Å². The first kappa shape index (κ1) is 18.2. The van der Waals surface area contributed by atoms with Crippen LogP contribution in [-0.2, 0) is 16.0 Å². The lowest BCUT2D eigenvalue weighted by Crippen LogP contribution is -2.32. The van der Waals surface area contributed by atoms with Crippen molar-refractivity contribution in [2.24, 2.45) is 5.92 Å². The Balaban J connectivity index is 1.63. The van der Waals surface area contributed by atoms with Crippen molar-refractivity contribution in [3.05, 3.63) is 65.7 Å². The Kier molecular flexibility index (Phi) is 5.71. The van der Waals surface area contributed by atoms with Crippen molar-refractivity contribution in [2.45, 2.75) is 39.2 Å². The maximum Gasteiger partial charge on any atom is 0.227 e. The molecule has 0 bridgehead atoms. The fraction of sp³-hybridized carbons (Fsp3) is 0.364. The summed E-state index contributed by atoms with van der Waals surface area (Å²) in [7, 11) is 0. The van der Waals surface area contributed by atoms with Crippen LogP contribution in [0.25, 0.3) is 0 Å². The zero-order chi connectivity index (χ0) is 18.5. The molecular formula is C22H26N2O2. The van der Waals surface area contributed by atoms with E-state index in [4.69, 9.17) is 0 Å². The van der Waals surface area contributed by atoms with Crippen LogP contribution < -0.4 is 10.2 Å². The monoisotopic (exact) mass is 350 g/mol. The Morgan fingerprint density at radius 2 is 1.77 bits per heavy atom. The second-order valence-corrected chi connectivity index (χ2v) is 7.19. The highest BCUT2D eigenvalue weighted by Crippen LogP contribution is 2.23. The van der Waals surface area contributed by atoms with Gasteiger partial charge in [-0.3, -0.25) is 9.59 Å². The Hall–Kier alpha value is -2.62. The molecule has 26 heavy (non-hydrogen) atoms. The van der Waals surface area contributed by atoms with Crippen LogP contribution in [0.1, 0.15) is 43.9 Å². The van der Waals surface area contributed by atoms with Crippen molar-refractivity contribution in [3.8, 4) is 0 Å². The Labute approximate surface area is 155 Å². The molecule has 1 aliphatic heterocycles. The average Bonchev–Trinajstić information content (AvgIpc) is 3.07. The summed E-state index contributed by atoms with van der Waals surface area (Å²) in [4.78, 5) is 26.2. The van der Waals surface area contributed by atoms with Crippen molar-refractivity contribution < 1.29 is 9.59 Å². The van der Waals surface area contributed by atoms with Crippen LogP contribution in [-0.4, -0.2) is 18.4 Å². The van der Waals surface area contributed by atoms with Gasteiger partial charge < -0.3 is 10.2 Å². The highest BCUT2D eigenvalue weighted by molar-refractivity contribution is 5.95. The third kappa shape index (κ3) is 4.31. The zero-order valence-corrected chi connectivity index (χ0v) is 15.4. The molecule has 0 unspecified atom stereocenters. The van der Waals surface area contributed by atoms with Crippen LogP contribution in [0.2, 0.25) is 0 Å². The zero-order valence-electron chi connectivity index (χ0n) is 15.4. The maximum atomic E-state index is 12.5. The number of carbonyl (C=O) groups excluding carboxylic acids is 2. The number of amides is 2. The lowest BCUT2D eigenvalue weighted by atomic mass is 9.95. The molecule has 4 nitrogen and oxygen atoms in total. The second-order valence-electron chi connectivity index (χ2n) is 7.19. The van der Waals surface area contributed by atoms with E-state index in [2.05, 4.69) is 19.2 Å². The van der Waals surface area contributed by atoms with Crippen molar-refractivity contribution >= 4 is 17.5 Å². The van der Waals surface area contributed by atoms with Gasteiger partial charge in [-0.15, -0.1) is 0 Å². The van der Waals surface area contributed by atoms with E-state index in [1.165, 1.54) is 0 Å². The van der Waals surface area contributed by atoms with E-state index in [9.17, 15) is 9.59 Å². The van der Waals surface area contributed by atoms with Crippen molar-refractivity contribution in [1.29, 1.82) is 0 Å². The van der Waals surface area contributed by atoms with E-state index in [0.29, 0.717) is 18.8 Å². The fourth-order valence-corrected chi connectivity index (χ4v) is 3.42. The van der Waals surface area contributed by atoms with E-state index in [1.54, 1.807) is 0 Å². The van der Waals surface area contributed by atoms with Gasteiger partial charge in [0.2, 0.25) is 11.8 Å². The van der Waals surface area contributed by atoms with Crippen LogP contribution in [0.5, 0.6) is 0 Å². The Morgan fingerprint density at radius 1 is 1.08 bits per heavy atom. The molecule has 1 N–H and O–H groups in total. The first-order chi connectivity index (χ1) is 12.5. The molecule has 136 valence electrons. The van der Waals surface area contributed by atoms with Gasteiger partial charge in [-0.05, 0) is 35.6 Å². The molecule has 1 heterocycles. The predicted molar refractivity (Wildman–Crippen MR) is 104 cm³/mol. The minimum atomic E-state index is 0.00481. The van der Waals surface area contributed by atoms with Gasteiger partial charge in [-0.25, -0.2) is 0 Å². The minimum Gasteiger partial charge on any atom is -0.349 e. The van der Waals surface area contributed by atoms with Crippen LogP contribution in [0, 0.1) is 5.92 Å². The molecule has 4 heteroatoms. The molecule has 0 spiro atoms. The number of benzene rings is 2. The third-order valence-electron chi connectivity index (χ3n) is 4.83. The van der Waals surface area contributed by atoms with Gasteiger partial charge in [0, 0.05) is 18.7 Å². The largest absolute Gasteiger partial charge is 0.349 e. The van der Waals surface area contributed by atoms with E-state index < -0.39 is 0 Å². The Bertz CT molecular complexity index is 753. The number of hydrogen-bond acceptors (Lipinski definition) is 2. The van der Waals surface area contributed by atoms with Crippen molar-refractivity contribution in [3.63, 3.8) is 0 Å². The first-order valence-corrected chi connectivity index (χ1v) is 9.28. The summed E-state index contributed by atoms with van der Waals surface area (Å²) in [5, 5.41) is 3.15. The molecule has 0 aliphatic carbocycles. The topological polar surface area (TPSA) is 49.4 Å². The summed E-state index contributed by atoms with van der Waals surface area (Å²) in [6, 6.07) is 17.8. The van der Waals surface area contributed by atoms with E-state index >= 15 is 0 Å². The van der Waals surface area contributed by atoms with E-state index in [0.717, 1.165) is 29.8 Å². The van der Waals surface area contributed by atoms with Gasteiger partial charge >= 0.3 is 0 Å². The molecular weight excluding hydrogens is 324 g/mol. The highest BCUT2D eigenvalue weighted by Gasteiger charge is 2.22. The number of carbonyl (C=O) groups is 2. The third-order valence-corrected chi connectivity index (χ3v) is 4.83. The van der Waals surface area contributed by atoms with Gasteiger partial charge in [0.15, 0.2) is 0 Å². The lowest BCUT2D eigenvalue weighted by molar-refractivity contribution is -0.121. The minimum absolute atomic E-state index is 0.00481. The molecule has 0 radical (unpaired) electrons. The van der Waals surface area contributed by atoms with Crippen LogP contribution in [0.3, 0.4) is 0 Å². The van der Waals surface area contributed by atoms with Crippen molar-refractivity contribution in [2.75, 3.05) is 11.4 Å². The van der Waals surface area contributed by atoms with E-state index in [-0.39, 0.29) is 17.9 Å². The normalized spacial score (nSPS) is 15.3. The molecule has 2 amide bonds. The number of anilines is 1. The standard InChI is InChI=1S/C22H26N2O2/c1-16(2)22(18-7-4-3-5-8-18)23-20(25)15-17-10-12-19(13-11-17)24-14-6-9-21(24)26/h3-5,7-8,10-13,16,22H,6,9,14-15H2,1-2H3,(H,23,25)/t22-/m1/s1. The molecule has 0 saturated carbocycles. The molecule has 1 fully saturated rings. The molecule has 1 aliphatic rings. The van der Waals surface area contributed by atoms with Gasteiger partial charge in [-0.2, -0.15) is 0 Å². The number of nitrogens with one attached hydrogen (secondary N) is 1. The SMILES string of the molecule is CC(C)[C@@H](NC(=O)Cc1ccc(N2CCCC2=O)cc1)c1ccccc1. The predicted octanol–water partition coefficient (Wildman–Crippen LogP) is 3.87. The average molecular weight is 350 g/mol. The lowest BCUT2D eigenvalue weighted by Gasteiger charge is -2.23. The summed E-state index contributed by atoms with van der Waals surface area (Å²) >= 11 is 0. The molecule has 2 aromatic rings. The van der Waals surface area contributed by atoms with Gasteiger partial charge in [-0.1, -0.05) is 56.3 Å². The van der Waals surface area contributed by atoms with E-state index in [1.807, 2.05) is 59.5 Å². The molecule has 1 saturated heterocycles. The summed E-state index contributed by atoms with van der Waals surface area (Å²) in [6.07, 6.45) is 1.88. The molecule has 0 aromatic heterocycles. The summed E-state index contributed by atoms with van der Waals surface area (Å²) in [5.74, 6) is 0.501. The number of rotatable bonds is 6. The molecule has 1 atom stereocenters.